The average molecular weight is 514 g/mol. The van der Waals surface area contributed by atoms with Gasteiger partial charge in [0.05, 0.1) is 0 Å². The van der Waals surface area contributed by atoms with E-state index in [4.69, 9.17) is 11.2 Å². The minimum atomic E-state index is -0.885. The molecular formula is C30H47N3O4. The molecule has 0 fully saturated rings. The highest BCUT2D eigenvalue weighted by Crippen LogP contribution is 2.28. The number of hydrogen-bond acceptors (Lipinski definition) is 4. The zero-order chi connectivity index (χ0) is 28.3. The molecule has 3 amide bonds. The fraction of sp³-hybridized carbons (Fsp3) is 0.633. The normalized spacial score (nSPS) is 14.6. The second-order valence-corrected chi connectivity index (χ2v) is 11.2. The van der Waals surface area contributed by atoms with Gasteiger partial charge in [0.1, 0.15) is 17.7 Å². The van der Waals surface area contributed by atoms with Gasteiger partial charge in [0.25, 0.3) is 0 Å². The summed E-state index contributed by atoms with van der Waals surface area (Å²) in [6.45, 7) is 17.2. The molecule has 0 spiro atoms. The number of rotatable bonds is 12. The molecular weight excluding hydrogens is 466 g/mol. The van der Waals surface area contributed by atoms with Crippen molar-refractivity contribution in [3.8, 4) is 12.3 Å². The number of nitrogens with one attached hydrogen (secondary N) is 2. The van der Waals surface area contributed by atoms with Crippen LogP contribution < -0.4 is 10.6 Å². The largest absolute Gasteiger partial charge is 0.444 e. The Morgan fingerprint density at radius 1 is 1.03 bits per heavy atom. The first-order valence-corrected chi connectivity index (χ1v) is 13.4. The molecule has 0 saturated carbocycles. The molecule has 0 aliphatic carbocycles. The molecule has 1 aromatic rings. The Kier molecular flexibility index (Phi) is 12.7. The Bertz CT molecular complexity index is 928. The van der Waals surface area contributed by atoms with Crippen molar-refractivity contribution in [1.29, 1.82) is 0 Å². The van der Waals surface area contributed by atoms with E-state index >= 15 is 0 Å². The van der Waals surface area contributed by atoms with Crippen LogP contribution in [0.1, 0.15) is 105 Å². The summed E-state index contributed by atoms with van der Waals surface area (Å²) >= 11 is 0. The Labute approximate surface area is 224 Å². The quantitative estimate of drug-likeness (QED) is 0.357. The zero-order valence-electron chi connectivity index (χ0n) is 24.2. The van der Waals surface area contributed by atoms with Crippen LogP contribution >= 0.6 is 0 Å². The summed E-state index contributed by atoms with van der Waals surface area (Å²) in [5.41, 5.74) is 0.644. The van der Waals surface area contributed by atoms with E-state index in [0.717, 1.165) is 12.8 Å². The van der Waals surface area contributed by atoms with E-state index < -0.39 is 23.8 Å². The number of amides is 3. The summed E-state index contributed by atoms with van der Waals surface area (Å²) in [6.07, 6.45) is 7.66. The third-order valence-electron chi connectivity index (χ3n) is 6.05. The smallest absolute Gasteiger partial charge is 0.408 e. The molecule has 0 radical (unpaired) electrons. The van der Waals surface area contributed by atoms with Gasteiger partial charge in [-0.15, -0.1) is 6.42 Å². The first-order valence-electron chi connectivity index (χ1n) is 13.4. The van der Waals surface area contributed by atoms with Crippen LogP contribution in [0, 0.1) is 18.3 Å². The molecule has 1 rings (SSSR count). The topological polar surface area (TPSA) is 87.7 Å². The highest BCUT2D eigenvalue weighted by molar-refractivity contribution is 5.92. The number of hydrogen-bond donors (Lipinski definition) is 2. The van der Waals surface area contributed by atoms with Crippen molar-refractivity contribution < 1.29 is 19.1 Å². The van der Waals surface area contributed by atoms with Gasteiger partial charge >= 0.3 is 6.09 Å². The molecule has 7 heteroatoms. The summed E-state index contributed by atoms with van der Waals surface area (Å²) in [5, 5.41) is 5.87. The van der Waals surface area contributed by atoms with Gasteiger partial charge in [-0.3, -0.25) is 9.59 Å². The summed E-state index contributed by atoms with van der Waals surface area (Å²) < 4.78 is 5.45. The van der Waals surface area contributed by atoms with Crippen LogP contribution in [-0.2, 0) is 14.3 Å². The van der Waals surface area contributed by atoms with E-state index in [9.17, 15) is 14.4 Å². The SMILES string of the molecule is C#Cc1ccc(C(C(=O)NC(C)CCC)N(C(=O)C(CC(C)C)NC(=O)OC(C)(C)C)C(C)CC)cc1. The molecule has 7 nitrogen and oxygen atoms in total. The van der Waals surface area contributed by atoms with Gasteiger partial charge < -0.3 is 20.3 Å². The predicted octanol–water partition coefficient (Wildman–Crippen LogP) is 5.58. The van der Waals surface area contributed by atoms with Crippen molar-refractivity contribution in [2.45, 2.75) is 118 Å². The van der Waals surface area contributed by atoms with Crippen molar-refractivity contribution >= 4 is 17.9 Å². The van der Waals surface area contributed by atoms with Gasteiger partial charge in [-0.1, -0.05) is 52.2 Å². The highest BCUT2D eigenvalue weighted by Gasteiger charge is 2.39. The van der Waals surface area contributed by atoms with Gasteiger partial charge in [0.15, 0.2) is 0 Å². The number of carbonyl (C=O) groups excluding carboxylic acids is 3. The minimum Gasteiger partial charge on any atom is -0.444 e. The maximum Gasteiger partial charge on any atom is 0.408 e. The molecule has 0 bridgehead atoms. The van der Waals surface area contributed by atoms with Crippen molar-refractivity contribution in [1.82, 2.24) is 15.5 Å². The van der Waals surface area contributed by atoms with E-state index in [1.807, 2.05) is 34.6 Å². The Balaban J connectivity index is 3.55. The first-order chi connectivity index (χ1) is 17.2. The Hall–Kier alpha value is -3.01. The number of terminal acetylenes is 1. The fourth-order valence-corrected chi connectivity index (χ4v) is 4.15. The standard InChI is InChI=1S/C30H47N3O4/c1-11-14-21(6)31-27(34)26(24-17-15-23(13-3)16-18-24)33(22(7)12-2)28(35)25(19-20(4)5)32-29(36)37-30(8,9)10/h3,15-18,20-22,25-26H,11-12,14,19H2,1-2,4-10H3,(H,31,34)(H,32,36). The highest BCUT2D eigenvalue weighted by atomic mass is 16.6. The molecule has 206 valence electrons. The fourth-order valence-electron chi connectivity index (χ4n) is 4.15. The molecule has 0 aliphatic heterocycles. The minimum absolute atomic E-state index is 0.0507. The summed E-state index contributed by atoms with van der Waals surface area (Å²) in [6, 6.07) is 5.08. The van der Waals surface area contributed by atoms with Gasteiger partial charge in [-0.2, -0.15) is 0 Å². The molecule has 0 heterocycles. The monoisotopic (exact) mass is 513 g/mol. The summed E-state index contributed by atoms with van der Waals surface area (Å²) in [7, 11) is 0. The van der Waals surface area contributed by atoms with Gasteiger partial charge in [-0.05, 0) is 77.5 Å². The van der Waals surface area contributed by atoms with Crippen LogP contribution in [0.25, 0.3) is 0 Å². The lowest BCUT2D eigenvalue weighted by Gasteiger charge is -2.39. The maximum absolute atomic E-state index is 14.2. The number of benzene rings is 1. The van der Waals surface area contributed by atoms with Crippen LogP contribution in [0.5, 0.6) is 0 Å². The van der Waals surface area contributed by atoms with E-state index in [1.54, 1.807) is 49.9 Å². The molecule has 0 aliphatic rings. The number of carbonyl (C=O) groups is 3. The molecule has 2 N–H and O–H groups in total. The van der Waals surface area contributed by atoms with Crippen LogP contribution in [0.2, 0.25) is 0 Å². The molecule has 0 saturated heterocycles. The average Bonchev–Trinajstić information content (AvgIpc) is 2.79. The third kappa shape index (κ3) is 10.5. The summed E-state index contributed by atoms with van der Waals surface area (Å²) in [4.78, 5) is 42.2. The Morgan fingerprint density at radius 2 is 1.62 bits per heavy atom. The second kappa shape index (κ2) is 14.7. The van der Waals surface area contributed by atoms with Crippen LogP contribution in [0.4, 0.5) is 4.79 Å². The van der Waals surface area contributed by atoms with Gasteiger partial charge in [0, 0.05) is 17.6 Å². The van der Waals surface area contributed by atoms with E-state index in [0.29, 0.717) is 24.0 Å². The van der Waals surface area contributed by atoms with Crippen molar-refractivity contribution in [2.75, 3.05) is 0 Å². The Morgan fingerprint density at radius 3 is 2.08 bits per heavy atom. The maximum atomic E-state index is 14.2. The lowest BCUT2D eigenvalue weighted by molar-refractivity contribution is -0.145. The van der Waals surface area contributed by atoms with Crippen LogP contribution in [0.3, 0.4) is 0 Å². The van der Waals surface area contributed by atoms with Gasteiger partial charge in [0.2, 0.25) is 11.8 Å². The third-order valence-corrected chi connectivity index (χ3v) is 6.05. The number of ether oxygens (including phenoxy) is 1. The number of alkyl carbamates (subject to hydrolysis) is 1. The predicted molar refractivity (Wildman–Crippen MR) is 149 cm³/mol. The van der Waals surface area contributed by atoms with Crippen LogP contribution in [-0.4, -0.2) is 46.5 Å². The van der Waals surface area contributed by atoms with Crippen molar-refractivity contribution in [2.24, 2.45) is 5.92 Å². The molecule has 37 heavy (non-hydrogen) atoms. The summed E-state index contributed by atoms with van der Waals surface area (Å²) in [5.74, 6) is 2.13. The van der Waals surface area contributed by atoms with E-state index in [-0.39, 0.29) is 29.8 Å². The molecule has 4 atom stereocenters. The van der Waals surface area contributed by atoms with Crippen LogP contribution in [0.15, 0.2) is 24.3 Å². The first kappa shape index (κ1) is 32.0. The number of nitrogens with zero attached hydrogens (tertiary/aromatic N) is 1. The van der Waals surface area contributed by atoms with E-state index in [2.05, 4.69) is 23.5 Å². The lowest BCUT2D eigenvalue weighted by Crippen LogP contribution is -2.56. The van der Waals surface area contributed by atoms with E-state index in [1.165, 1.54) is 0 Å². The van der Waals surface area contributed by atoms with Crippen molar-refractivity contribution in [3.05, 3.63) is 35.4 Å². The van der Waals surface area contributed by atoms with Gasteiger partial charge in [-0.25, -0.2) is 4.79 Å². The molecule has 1 aromatic carbocycles. The molecule has 4 unspecified atom stereocenters. The van der Waals surface area contributed by atoms with Crippen molar-refractivity contribution in [3.63, 3.8) is 0 Å². The molecule has 0 aromatic heterocycles. The zero-order valence-corrected chi connectivity index (χ0v) is 24.2. The lowest BCUT2D eigenvalue weighted by atomic mass is 9.96. The second-order valence-electron chi connectivity index (χ2n) is 11.2.